The van der Waals surface area contributed by atoms with E-state index in [1.165, 1.54) is 5.56 Å². The fourth-order valence-electron chi connectivity index (χ4n) is 4.14. The second-order valence-corrected chi connectivity index (χ2v) is 6.84. The molecule has 0 unspecified atom stereocenters. The van der Waals surface area contributed by atoms with Crippen LogP contribution in [-0.4, -0.2) is 29.9 Å². The summed E-state index contributed by atoms with van der Waals surface area (Å²) in [7, 11) is 0. The number of carbonyl (C=O) groups excluding carboxylic acids is 1. The van der Waals surface area contributed by atoms with Gasteiger partial charge < -0.3 is 10.6 Å². The molecule has 2 aliphatic rings. The van der Waals surface area contributed by atoms with Gasteiger partial charge in [-0.3, -0.25) is 4.79 Å². The molecule has 1 aromatic carbocycles. The fourth-order valence-corrected chi connectivity index (χ4v) is 4.14. The second-order valence-electron chi connectivity index (χ2n) is 6.84. The molecule has 0 aromatic heterocycles. The Balaban J connectivity index is 1.76. The van der Waals surface area contributed by atoms with E-state index < -0.39 is 0 Å². The number of hydrogen-bond acceptors (Lipinski definition) is 2. The number of nitrogens with zero attached hydrogens (tertiary/aromatic N) is 1. The van der Waals surface area contributed by atoms with E-state index in [-0.39, 0.29) is 5.41 Å². The average Bonchev–Trinajstić information content (AvgIpc) is 3.15. The van der Waals surface area contributed by atoms with Crippen LogP contribution in [0.1, 0.15) is 50.5 Å². The molecule has 0 radical (unpaired) electrons. The molecule has 0 bridgehead atoms. The van der Waals surface area contributed by atoms with E-state index in [1.807, 2.05) is 6.07 Å². The van der Waals surface area contributed by atoms with Crippen LogP contribution in [0.3, 0.4) is 0 Å². The van der Waals surface area contributed by atoms with Gasteiger partial charge in [0.25, 0.3) is 0 Å². The van der Waals surface area contributed by atoms with Crippen LogP contribution in [0.5, 0.6) is 0 Å². The molecule has 3 heteroatoms. The predicted octanol–water partition coefficient (Wildman–Crippen LogP) is 2.91. The minimum Gasteiger partial charge on any atom is -0.339 e. The SMILES string of the molecule is C[C@@H]1C[C@H](c2ccccc2)CN1C(=O)C1(CN)CCCC1. The third kappa shape index (κ3) is 2.59. The Labute approximate surface area is 127 Å². The lowest BCUT2D eigenvalue weighted by Gasteiger charge is -2.33. The van der Waals surface area contributed by atoms with Crippen molar-refractivity contribution in [2.24, 2.45) is 11.1 Å². The summed E-state index contributed by atoms with van der Waals surface area (Å²) in [6.07, 6.45) is 5.31. The van der Waals surface area contributed by atoms with Crippen molar-refractivity contribution in [2.45, 2.75) is 51.0 Å². The van der Waals surface area contributed by atoms with Crippen molar-refractivity contribution in [3.8, 4) is 0 Å². The Bertz CT molecular complexity index is 493. The lowest BCUT2D eigenvalue weighted by Crippen LogP contribution is -2.47. The second kappa shape index (κ2) is 5.80. The van der Waals surface area contributed by atoms with Gasteiger partial charge in [0.15, 0.2) is 0 Å². The molecule has 1 saturated carbocycles. The predicted molar refractivity (Wildman–Crippen MR) is 84.9 cm³/mol. The van der Waals surface area contributed by atoms with Gasteiger partial charge in [0.05, 0.1) is 5.41 Å². The van der Waals surface area contributed by atoms with Gasteiger partial charge in [-0.15, -0.1) is 0 Å². The van der Waals surface area contributed by atoms with E-state index in [2.05, 4.69) is 36.1 Å². The van der Waals surface area contributed by atoms with E-state index in [4.69, 9.17) is 5.73 Å². The minimum atomic E-state index is -0.264. The van der Waals surface area contributed by atoms with Crippen molar-refractivity contribution in [1.82, 2.24) is 4.90 Å². The maximum absolute atomic E-state index is 13.0. The summed E-state index contributed by atoms with van der Waals surface area (Å²) in [6.45, 7) is 3.54. The molecular formula is C18H26N2O. The van der Waals surface area contributed by atoms with Gasteiger partial charge in [0.2, 0.25) is 5.91 Å². The van der Waals surface area contributed by atoms with Crippen LogP contribution in [0, 0.1) is 5.41 Å². The largest absolute Gasteiger partial charge is 0.339 e. The van der Waals surface area contributed by atoms with Crippen molar-refractivity contribution in [2.75, 3.05) is 13.1 Å². The molecule has 21 heavy (non-hydrogen) atoms. The number of rotatable bonds is 3. The lowest BCUT2D eigenvalue weighted by molar-refractivity contribution is -0.142. The molecule has 1 amide bonds. The molecule has 2 fully saturated rings. The van der Waals surface area contributed by atoms with Crippen molar-refractivity contribution in [1.29, 1.82) is 0 Å². The van der Waals surface area contributed by atoms with Crippen LogP contribution in [0.15, 0.2) is 30.3 Å². The Morgan fingerprint density at radius 3 is 2.57 bits per heavy atom. The van der Waals surface area contributed by atoms with Crippen LogP contribution in [0.25, 0.3) is 0 Å². The molecule has 1 aromatic rings. The number of likely N-dealkylation sites (tertiary alicyclic amines) is 1. The van der Waals surface area contributed by atoms with Crippen molar-refractivity contribution >= 4 is 5.91 Å². The van der Waals surface area contributed by atoms with E-state index in [0.717, 1.165) is 38.6 Å². The monoisotopic (exact) mass is 286 g/mol. The van der Waals surface area contributed by atoms with Gasteiger partial charge in [0, 0.05) is 25.0 Å². The van der Waals surface area contributed by atoms with Gasteiger partial charge in [-0.25, -0.2) is 0 Å². The molecule has 3 rings (SSSR count). The summed E-state index contributed by atoms with van der Waals surface area (Å²) in [5.74, 6) is 0.787. The molecule has 1 heterocycles. The normalized spacial score (nSPS) is 28.0. The van der Waals surface area contributed by atoms with Crippen LogP contribution >= 0.6 is 0 Å². The molecule has 1 saturated heterocycles. The molecule has 0 spiro atoms. The zero-order chi connectivity index (χ0) is 14.9. The first-order valence-electron chi connectivity index (χ1n) is 8.22. The summed E-state index contributed by atoms with van der Waals surface area (Å²) < 4.78 is 0. The standard InChI is InChI=1S/C18H26N2O/c1-14-11-16(15-7-3-2-4-8-15)12-20(14)17(21)18(13-19)9-5-6-10-18/h2-4,7-8,14,16H,5-6,9-13,19H2,1H3/t14-,16+/m1/s1. The fraction of sp³-hybridized carbons (Fsp3) is 0.611. The average molecular weight is 286 g/mol. The Hall–Kier alpha value is -1.35. The van der Waals surface area contributed by atoms with Crippen LogP contribution < -0.4 is 5.73 Å². The number of amides is 1. The summed E-state index contributed by atoms with van der Waals surface area (Å²) >= 11 is 0. The quantitative estimate of drug-likeness (QED) is 0.928. The van der Waals surface area contributed by atoms with Crippen molar-refractivity contribution in [3.63, 3.8) is 0 Å². The smallest absolute Gasteiger partial charge is 0.230 e. The Kier molecular flexibility index (Phi) is 4.03. The van der Waals surface area contributed by atoms with Gasteiger partial charge >= 0.3 is 0 Å². The van der Waals surface area contributed by atoms with E-state index >= 15 is 0 Å². The van der Waals surface area contributed by atoms with Gasteiger partial charge in [0.1, 0.15) is 0 Å². The number of carbonyl (C=O) groups is 1. The Morgan fingerprint density at radius 2 is 1.95 bits per heavy atom. The molecular weight excluding hydrogens is 260 g/mol. The zero-order valence-electron chi connectivity index (χ0n) is 12.9. The summed E-state index contributed by atoms with van der Waals surface area (Å²) in [6, 6.07) is 10.9. The molecule has 1 aliphatic carbocycles. The Morgan fingerprint density at radius 1 is 1.29 bits per heavy atom. The number of nitrogens with two attached hydrogens (primary N) is 1. The van der Waals surface area contributed by atoms with Gasteiger partial charge in [-0.2, -0.15) is 0 Å². The maximum Gasteiger partial charge on any atom is 0.230 e. The molecule has 2 N–H and O–H groups in total. The highest BCUT2D eigenvalue weighted by atomic mass is 16.2. The molecule has 1 aliphatic heterocycles. The molecule has 3 nitrogen and oxygen atoms in total. The number of benzene rings is 1. The summed E-state index contributed by atoms with van der Waals surface area (Å²) in [5, 5.41) is 0. The lowest BCUT2D eigenvalue weighted by atomic mass is 9.84. The minimum absolute atomic E-state index is 0.264. The molecule has 2 atom stereocenters. The van der Waals surface area contributed by atoms with Gasteiger partial charge in [-0.1, -0.05) is 43.2 Å². The first-order chi connectivity index (χ1) is 10.2. The van der Waals surface area contributed by atoms with E-state index in [1.54, 1.807) is 0 Å². The van der Waals surface area contributed by atoms with Crippen molar-refractivity contribution < 1.29 is 4.79 Å². The third-order valence-electron chi connectivity index (χ3n) is 5.51. The summed E-state index contributed by atoms with van der Waals surface area (Å²) in [5.41, 5.74) is 7.07. The third-order valence-corrected chi connectivity index (χ3v) is 5.51. The van der Waals surface area contributed by atoms with Gasteiger partial charge in [-0.05, 0) is 31.7 Å². The number of hydrogen-bond donors (Lipinski definition) is 1. The van der Waals surface area contributed by atoms with E-state index in [9.17, 15) is 4.79 Å². The van der Waals surface area contributed by atoms with E-state index in [0.29, 0.717) is 24.4 Å². The zero-order valence-corrected chi connectivity index (χ0v) is 12.9. The van der Waals surface area contributed by atoms with Crippen molar-refractivity contribution in [3.05, 3.63) is 35.9 Å². The highest BCUT2D eigenvalue weighted by Gasteiger charge is 2.45. The maximum atomic E-state index is 13.0. The highest BCUT2D eigenvalue weighted by Crippen LogP contribution is 2.42. The molecule has 114 valence electrons. The summed E-state index contributed by atoms with van der Waals surface area (Å²) in [4.78, 5) is 15.1. The topological polar surface area (TPSA) is 46.3 Å². The van der Waals surface area contributed by atoms with Crippen LogP contribution in [-0.2, 0) is 4.79 Å². The first-order valence-corrected chi connectivity index (χ1v) is 8.22. The van der Waals surface area contributed by atoms with Crippen LogP contribution in [0.4, 0.5) is 0 Å². The van der Waals surface area contributed by atoms with Crippen LogP contribution in [0.2, 0.25) is 0 Å². The first kappa shape index (κ1) is 14.6. The highest BCUT2D eigenvalue weighted by molar-refractivity contribution is 5.84.